The van der Waals surface area contributed by atoms with Gasteiger partial charge in [0.2, 0.25) is 17.5 Å². The van der Waals surface area contributed by atoms with Crippen LogP contribution < -0.4 is 34.3 Å². The normalized spacial score (nSPS) is 11.5. The second kappa shape index (κ2) is 10.2. The zero-order valence-corrected chi connectivity index (χ0v) is 19.7. The summed E-state index contributed by atoms with van der Waals surface area (Å²) < 4.78 is 26.6. The molecule has 176 valence electrons. The fourth-order valence-electron chi connectivity index (χ4n) is 2.83. The first-order valence-electron chi connectivity index (χ1n) is 9.53. The molecule has 2 aromatic heterocycles. The first kappa shape index (κ1) is 23.8. The van der Waals surface area contributed by atoms with Crippen molar-refractivity contribution in [3.63, 3.8) is 0 Å². The van der Waals surface area contributed by atoms with E-state index in [0.717, 1.165) is 11.3 Å². The summed E-state index contributed by atoms with van der Waals surface area (Å²) in [7, 11) is 7.24. The van der Waals surface area contributed by atoms with Crippen LogP contribution in [0.15, 0.2) is 12.1 Å². The number of carbonyl (C=O) groups is 2. The number of aromatic nitrogens is 3. The van der Waals surface area contributed by atoms with Crippen molar-refractivity contribution < 1.29 is 33.3 Å². The Hall–Kier alpha value is -3.87. The van der Waals surface area contributed by atoms with Crippen LogP contribution in [0.3, 0.4) is 0 Å². The molecule has 12 nitrogen and oxygen atoms in total. The van der Waals surface area contributed by atoms with Crippen LogP contribution in [0, 0.1) is 0 Å². The van der Waals surface area contributed by atoms with Gasteiger partial charge in [0.15, 0.2) is 22.3 Å². The topological polar surface area (TPSA) is 143 Å². The number of thiazole rings is 1. The molecule has 0 radical (unpaired) electrons. The van der Waals surface area contributed by atoms with E-state index in [1.807, 2.05) is 0 Å². The van der Waals surface area contributed by atoms with E-state index in [2.05, 4.69) is 25.6 Å². The van der Waals surface area contributed by atoms with E-state index in [-0.39, 0.29) is 22.6 Å². The summed E-state index contributed by atoms with van der Waals surface area (Å²) in [5, 5.41) is 5.56. The van der Waals surface area contributed by atoms with Gasteiger partial charge in [-0.1, -0.05) is 11.3 Å². The molecule has 0 aliphatic heterocycles. The zero-order valence-electron chi connectivity index (χ0n) is 18.8. The highest BCUT2D eigenvalue weighted by atomic mass is 32.1. The molecule has 13 heteroatoms. The fourth-order valence-corrected chi connectivity index (χ4v) is 3.71. The van der Waals surface area contributed by atoms with Gasteiger partial charge in [0.25, 0.3) is 5.91 Å². The van der Waals surface area contributed by atoms with E-state index >= 15 is 0 Å². The summed E-state index contributed by atoms with van der Waals surface area (Å²) >= 11 is 1.13. The van der Waals surface area contributed by atoms with Gasteiger partial charge in [0.05, 0.1) is 35.5 Å². The molecule has 1 unspecified atom stereocenters. The molecule has 1 atom stereocenters. The van der Waals surface area contributed by atoms with E-state index < -0.39 is 17.9 Å². The average molecular weight is 477 g/mol. The third-order valence-corrected chi connectivity index (χ3v) is 5.42. The smallest absolute Gasteiger partial charge is 0.321 e. The number of amides is 2. The van der Waals surface area contributed by atoms with Gasteiger partial charge in [-0.3, -0.25) is 9.59 Å². The Kier molecular flexibility index (Phi) is 7.33. The second-order valence-corrected chi connectivity index (χ2v) is 7.49. The van der Waals surface area contributed by atoms with Crippen molar-refractivity contribution in [2.75, 3.05) is 40.9 Å². The minimum Gasteiger partial charge on any atom is -0.493 e. The van der Waals surface area contributed by atoms with Crippen molar-refractivity contribution in [3.8, 4) is 29.1 Å². The number of ether oxygens (including phenoxy) is 5. The van der Waals surface area contributed by atoms with E-state index in [1.54, 1.807) is 6.92 Å². The van der Waals surface area contributed by atoms with Gasteiger partial charge in [0, 0.05) is 5.56 Å². The number of anilines is 1. The highest BCUT2D eigenvalue weighted by Gasteiger charge is 2.22. The summed E-state index contributed by atoms with van der Waals surface area (Å²) in [4.78, 5) is 37.9. The third-order valence-electron chi connectivity index (χ3n) is 4.48. The molecule has 3 rings (SSSR count). The minimum atomic E-state index is -0.883. The molecule has 3 aromatic rings. The predicted molar refractivity (Wildman–Crippen MR) is 120 cm³/mol. The number of fused-ring (bicyclic) bond motifs is 1. The monoisotopic (exact) mass is 477 g/mol. The molecule has 0 aliphatic rings. The Morgan fingerprint density at radius 1 is 0.909 bits per heavy atom. The lowest BCUT2D eigenvalue weighted by Crippen LogP contribution is -2.41. The number of nitrogens with one attached hydrogen (secondary N) is 2. The van der Waals surface area contributed by atoms with Crippen molar-refractivity contribution in [2.45, 2.75) is 13.0 Å². The lowest BCUT2D eigenvalue weighted by Gasteiger charge is -2.16. The van der Waals surface area contributed by atoms with Crippen molar-refractivity contribution in [2.24, 2.45) is 0 Å². The number of nitrogens with zero attached hydrogens (tertiary/aromatic N) is 3. The van der Waals surface area contributed by atoms with Crippen LogP contribution in [0.1, 0.15) is 17.3 Å². The zero-order chi connectivity index (χ0) is 24.1. The van der Waals surface area contributed by atoms with Crippen LogP contribution in [0.25, 0.3) is 10.3 Å². The molecule has 0 fully saturated rings. The Morgan fingerprint density at radius 2 is 1.58 bits per heavy atom. The summed E-state index contributed by atoms with van der Waals surface area (Å²) in [5.74, 6) is 0.289. The molecule has 33 heavy (non-hydrogen) atoms. The Balaban J connectivity index is 1.75. The van der Waals surface area contributed by atoms with Gasteiger partial charge in [0.1, 0.15) is 10.7 Å². The number of carbonyl (C=O) groups excluding carboxylic acids is 2. The predicted octanol–water partition coefficient (Wildman–Crippen LogP) is 1.89. The third kappa shape index (κ3) is 4.98. The molecular formula is C20H23N5O7S. The van der Waals surface area contributed by atoms with Gasteiger partial charge in [-0.05, 0) is 19.1 Å². The minimum absolute atomic E-state index is 0.0912. The maximum Gasteiger partial charge on any atom is 0.321 e. The molecule has 0 saturated carbocycles. The number of benzene rings is 1. The largest absolute Gasteiger partial charge is 0.493 e. The first-order valence-corrected chi connectivity index (χ1v) is 10.3. The van der Waals surface area contributed by atoms with Crippen LogP contribution in [-0.4, -0.2) is 68.4 Å². The van der Waals surface area contributed by atoms with Crippen molar-refractivity contribution in [1.29, 1.82) is 0 Å². The van der Waals surface area contributed by atoms with Crippen LogP contribution >= 0.6 is 11.3 Å². The highest BCUT2D eigenvalue weighted by Crippen LogP contribution is 2.38. The average Bonchev–Trinajstić information content (AvgIpc) is 3.24. The molecule has 0 saturated heterocycles. The van der Waals surface area contributed by atoms with Crippen molar-refractivity contribution >= 4 is 38.6 Å². The lowest BCUT2D eigenvalue weighted by molar-refractivity contribution is -0.117. The van der Waals surface area contributed by atoms with Crippen LogP contribution in [0.2, 0.25) is 0 Å². The first-order chi connectivity index (χ1) is 15.8. The van der Waals surface area contributed by atoms with Gasteiger partial charge >= 0.3 is 6.01 Å². The standard InChI is InChI=1S/C20H23N5O7S/c1-9(21-17(27)10-7-11(28-2)13(30-4)12(8-10)29-3)16(26)24-20-23-15-14(33-20)18(31-5)25-19(22-15)32-6/h7-9H,1-6H3,(H,21,27)(H,22,23,24,25,26). The van der Waals surface area contributed by atoms with Gasteiger partial charge in [-0.25, -0.2) is 0 Å². The van der Waals surface area contributed by atoms with E-state index in [0.29, 0.717) is 27.6 Å². The highest BCUT2D eigenvalue weighted by molar-refractivity contribution is 7.22. The van der Waals surface area contributed by atoms with Crippen molar-refractivity contribution in [1.82, 2.24) is 20.3 Å². The lowest BCUT2D eigenvalue weighted by atomic mass is 10.1. The molecule has 0 aliphatic carbocycles. The fraction of sp³-hybridized carbons (Fsp3) is 0.350. The van der Waals surface area contributed by atoms with Crippen molar-refractivity contribution in [3.05, 3.63) is 17.7 Å². The summed E-state index contributed by atoms with van der Waals surface area (Å²) in [5.41, 5.74) is 0.546. The van der Waals surface area contributed by atoms with E-state index in [9.17, 15) is 9.59 Å². The summed E-state index contributed by atoms with van der Waals surface area (Å²) in [6.07, 6.45) is 0. The van der Waals surface area contributed by atoms with Gasteiger partial charge in [-0.15, -0.1) is 0 Å². The Morgan fingerprint density at radius 3 is 2.12 bits per heavy atom. The Bertz CT molecular complexity index is 1160. The maximum absolute atomic E-state index is 12.7. The van der Waals surface area contributed by atoms with Crippen LogP contribution in [0.5, 0.6) is 29.1 Å². The summed E-state index contributed by atoms with van der Waals surface area (Å²) in [6, 6.07) is 2.19. The van der Waals surface area contributed by atoms with E-state index in [1.165, 1.54) is 47.7 Å². The van der Waals surface area contributed by atoms with Gasteiger partial charge in [-0.2, -0.15) is 15.0 Å². The molecular weight excluding hydrogens is 454 g/mol. The molecule has 2 amide bonds. The Labute approximate surface area is 193 Å². The number of rotatable bonds is 9. The second-order valence-electron chi connectivity index (χ2n) is 6.49. The number of methoxy groups -OCH3 is 5. The van der Waals surface area contributed by atoms with Crippen LogP contribution in [-0.2, 0) is 4.79 Å². The molecule has 2 heterocycles. The van der Waals surface area contributed by atoms with Gasteiger partial charge < -0.3 is 34.3 Å². The number of hydrogen-bond donors (Lipinski definition) is 2. The maximum atomic E-state index is 12.7. The molecule has 0 bridgehead atoms. The van der Waals surface area contributed by atoms with E-state index in [4.69, 9.17) is 23.7 Å². The molecule has 0 spiro atoms. The molecule has 1 aromatic carbocycles. The summed E-state index contributed by atoms with van der Waals surface area (Å²) in [6.45, 7) is 1.54. The SMILES string of the molecule is COc1nc(OC)c2sc(NC(=O)C(C)NC(=O)c3cc(OC)c(OC)c(OC)c3)nc2n1. The quantitative estimate of drug-likeness (QED) is 0.469. The molecule has 2 N–H and O–H groups in total. The van der Waals surface area contributed by atoms with Crippen LogP contribution in [0.4, 0.5) is 5.13 Å². The number of hydrogen-bond acceptors (Lipinski definition) is 11.